The lowest BCUT2D eigenvalue weighted by molar-refractivity contribution is 0.205. The van der Waals surface area contributed by atoms with Crippen molar-refractivity contribution in [2.75, 3.05) is 6.54 Å². The molecule has 0 aromatic heterocycles. The van der Waals surface area contributed by atoms with Crippen LogP contribution in [0, 0.1) is 5.92 Å². The molecule has 1 unspecified atom stereocenters. The Bertz CT molecular complexity index is 132. The molecule has 0 amide bonds. The zero-order valence-electron chi connectivity index (χ0n) is 9.53. The standard InChI is InChI=1S/C12H25N/c1-4-8-12(9-7-10-13-12)11(5-2)6-3/h11,13H,4-10H2,1-3H3. The van der Waals surface area contributed by atoms with Crippen LogP contribution in [0.1, 0.15) is 59.3 Å². The third-order valence-electron chi connectivity index (χ3n) is 3.74. The van der Waals surface area contributed by atoms with Gasteiger partial charge in [-0.05, 0) is 31.7 Å². The molecular weight excluding hydrogens is 158 g/mol. The Balaban J connectivity index is 2.63. The number of nitrogens with one attached hydrogen (secondary N) is 1. The predicted octanol–water partition coefficient (Wildman–Crippen LogP) is 3.34. The molecule has 1 fully saturated rings. The quantitative estimate of drug-likeness (QED) is 0.689. The third-order valence-corrected chi connectivity index (χ3v) is 3.74. The zero-order chi connectivity index (χ0) is 9.73. The maximum absolute atomic E-state index is 3.77. The van der Waals surface area contributed by atoms with E-state index in [-0.39, 0.29) is 0 Å². The molecule has 1 rings (SSSR count). The van der Waals surface area contributed by atoms with Gasteiger partial charge in [-0.2, -0.15) is 0 Å². The highest BCUT2D eigenvalue weighted by molar-refractivity contribution is 4.97. The monoisotopic (exact) mass is 183 g/mol. The molecule has 1 N–H and O–H groups in total. The average molecular weight is 183 g/mol. The normalized spacial score (nSPS) is 28.6. The molecule has 1 saturated heterocycles. The molecule has 1 heteroatoms. The first-order valence-corrected chi connectivity index (χ1v) is 6.04. The first-order valence-electron chi connectivity index (χ1n) is 6.04. The van der Waals surface area contributed by atoms with Crippen LogP contribution in [-0.2, 0) is 0 Å². The molecule has 13 heavy (non-hydrogen) atoms. The van der Waals surface area contributed by atoms with E-state index in [1.54, 1.807) is 0 Å². The lowest BCUT2D eigenvalue weighted by Crippen LogP contribution is -2.46. The van der Waals surface area contributed by atoms with Crippen LogP contribution in [0.5, 0.6) is 0 Å². The SMILES string of the molecule is CCCC1(C(CC)CC)CCCN1. The van der Waals surface area contributed by atoms with Crippen LogP contribution >= 0.6 is 0 Å². The van der Waals surface area contributed by atoms with Crippen LogP contribution in [0.2, 0.25) is 0 Å². The van der Waals surface area contributed by atoms with Crippen molar-refractivity contribution >= 4 is 0 Å². The van der Waals surface area contributed by atoms with Gasteiger partial charge in [-0.1, -0.05) is 40.0 Å². The van der Waals surface area contributed by atoms with Crippen molar-refractivity contribution in [3.05, 3.63) is 0 Å². The van der Waals surface area contributed by atoms with Crippen molar-refractivity contribution in [3.63, 3.8) is 0 Å². The second-order valence-corrected chi connectivity index (χ2v) is 4.45. The molecule has 0 aliphatic carbocycles. The summed E-state index contributed by atoms with van der Waals surface area (Å²) in [5.74, 6) is 0.898. The Labute approximate surface area is 83.3 Å². The molecule has 0 bridgehead atoms. The fourth-order valence-corrected chi connectivity index (χ4v) is 3.11. The molecule has 0 aromatic carbocycles. The first-order chi connectivity index (χ1) is 6.29. The van der Waals surface area contributed by atoms with E-state index in [9.17, 15) is 0 Å². The van der Waals surface area contributed by atoms with Gasteiger partial charge in [-0.15, -0.1) is 0 Å². The van der Waals surface area contributed by atoms with E-state index in [0.717, 1.165) is 5.92 Å². The van der Waals surface area contributed by atoms with E-state index in [0.29, 0.717) is 5.54 Å². The van der Waals surface area contributed by atoms with Crippen molar-refractivity contribution in [1.29, 1.82) is 0 Å². The van der Waals surface area contributed by atoms with Gasteiger partial charge in [-0.25, -0.2) is 0 Å². The summed E-state index contributed by atoms with van der Waals surface area (Å²) in [6.45, 7) is 8.23. The van der Waals surface area contributed by atoms with Gasteiger partial charge in [0.2, 0.25) is 0 Å². The predicted molar refractivity (Wildman–Crippen MR) is 58.9 cm³/mol. The molecule has 0 aromatic rings. The Kier molecular flexibility index (Phi) is 4.24. The summed E-state index contributed by atoms with van der Waals surface area (Å²) in [5, 5.41) is 3.77. The Morgan fingerprint density at radius 3 is 2.31 bits per heavy atom. The van der Waals surface area contributed by atoms with Crippen molar-refractivity contribution in [3.8, 4) is 0 Å². The minimum absolute atomic E-state index is 0.512. The van der Waals surface area contributed by atoms with Crippen LogP contribution in [-0.4, -0.2) is 12.1 Å². The summed E-state index contributed by atoms with van der Waals surface area (Å²) in [4.78, 5) is 0. The smallest absolute Gasteiger partial charge is 0.0209 e. The molecule has 0 spiro atoms. The van der Waals surface area contributed by atoms with Crippen LogP contribution < -0.4 is 5.32 Å². The molecule has 1 nitrogen and oxygen atoms in total. The zero-order valence-corrected chi connectivity index (χ0v) is 9.53. The number of hydrogen-bond donors (Lipinski definition) is 1. The van der Waals surface area contributed by atoms with Crippen molar-refractivity contribution in [1.82, 2.24) is 5.32 Å². The van der Waals surface area contributed by atoms with E-state index < -0.39 is 0 Å². The Hall–Kier alpha value is -0.0400. The van der Waals surface area contributed by atoms with Crippen molar-refractivity contribution < 1.29 is 0 Å². The summed E-state index contributed by atoms with van der Waals surface area (Å²) >= 11 is 0. The van der Waals surface area contributed by atoms with Crippen LogP contribution in [0.15, 0.2) is 0 Å². The maximum atomic E-state index is 3.77. The molecule has 1 heterocycles. The van der Waals surface area contributed by atoms with Gasteiger partial charge in [0.1, 0.15) is 0 Å². The van der Waals surface area contributed by atoms with Gasteiger partial charge in [0.05, 0.1) is 0 Å². The largest absolute Gasteiger partial charge is 0.311 e. The fraction of sp³-hybridized carbons (Fsp3) is 1.00. The van der Waals surface area contributed by atoms with Crippen molar-refractivity contribution in [2.45, 2.75) is 64.8 Å². The van der Waals surface area contributed by atoms with E-state index in [1.807, 2.05) is 0 Å². The summed E-state index contributed by atoms with van der Waals surface area (Å²) in [5.41, 5.74) is 0.512. The molecule has 1 aliphatic rings. The maximum Gasteiger partial charge on any atom is 0.0209 e. The van der Waals surface area contributed by atoms with Crippen molar-refractivity contribution in [2.24, 2.45) is 5.92 Å². The van der Waals surface area contributed by atoms with E-state index >= 15 is 0 Å². The Morgan fingerprint density at radius 1 is 1.23 bits per heavy atom. The molecular formula is C12H25N. The molecule has 1 atom stereocenters. The van der Waals surface area contributed by atoms with E-state index in [1.165, 1.54) is 45.1 Å². The topological polar surface area (TPSA) is 12.0 Å². The van der Waals surface area contributed by atoms with E-state index in [2.05, 4.69) is 26.1 Å². The highest BCUT2D eigenvalue weighted by Crippen LogP contribution is 2.35. The second kappa shape index (κ2) is 4.99. The van der Waals surface area contributed by atoms with Crippen LogP contribution in [0.25, 0.3) is 0 Å². The van der Waals surface area contributed by atoms with Gasteiger partial charge < -0.3 is 5.32 Å². The lowest BCUT2D eigenvalue weighted by Gasteiger charge is -2.37. The van der Waals surface area contributed by atoms with E-state index in [4.69, 9.17) is 0 Å². The number of hydrogen-bond acceptors (Lipinski definition) is 1. The minimum Gasteiger partial charge on any atom is -0.311 e. The summed E-state index contributed by atoms with van der Waals surface area (Å²) in [6.07, 6.45) is 8.17. The van der Waals surface area contributed by atoms with Crippen LogP contribution in [0.3, 0.4) is 0 Å². The minimum atomic E-state index is 0.512. The van der Waals surface area contributed by atoms with Gasteiger partial charge in [0.25, 0.3) is 0 Å². The first kappa shape index (κ1) is 11.0. The van der Waals surface area contributed by atoms with Crippen LogP contribution in [0.4, 0.5) is 0 Å². The lowest BCUT2D eigenvalue weighted by atomic mass is 9.76. The molecule has 1 aliphatic heterocycles. The van der Waals surface area contributed by atoms with Gasteiger partial charge >= 0.3 is 0 Å². The van der Waals surface area contributed by atoms with Gasteiger partial charge in [0.15, 0.2) is 0 Å². The third kappa shape index (κ3) is 2.25. The number of rotatable bonds is 5. The van der Waals surface area contributed by atoms with Gasteiger partial charge in [-0.3, -0.25) is 0 Å². The highest BCUT2D eigenvalue weighted by Gasteiger charge is 2.37. The summed E-state index contributed by atoms with van der Waals surface area (Å²) in [6, 6.07) is 0. The summed E-state index contributed by atoms with van der Waals surface area (Å²) < 4.78 is 0. The second-order valence-electron chi connectivity index (χ2n) is 4.45. The molecule has 0 saturated carbocycles. The fourth-order valence-electron chi connectivity index (χ4n) is 3.11. The highest BCUT2D eigenvalue weighted by atomic mass is 15.0. The molecule has 78 valence electrons. The Morgan fingerprint density at radius 2 is 1.92 bits per heavy atom. The summed E-state index contributed by atoms with van der Waals surface area (Å²) in [7, 11) is 0. The average Bonchev–Trinajstić information content (AvgIpc) is 2.57. The molecule has 0 radical (unpaired) electrons. The van der Waals surface area contributed by atoms with Gasteiger partial charge in [0, 0.05) is 5.54 Å².